The van der Waals surface area contributed by atoms with Gasteiger partial charge >= 0.3 is 0 Å². The van der Waals surface area contributed by atoms with E-state index in [2.05, 4.69) is 0 Å². The van der Waals surface area contributed by atoms with Gasteiger partial charge in [0.05, 0.1) is 22.1 Å². The SMILES string of the molecule is O=C1c2ccccc2C(=O)N1c1ccc(F)cc1[N+](=O)[O-]. The van der Waals surface area contributed by atoms with Crippen LogP contribution in [0.1, 0.15) is 20.7 Å². The van der Waals surface area contributed by atoms with Gasteiger partial charge in [-0.1, -0.05) is 12.1 Å². The highest BCUT2D eigenvalue weighted by molar-refractivity contribution is 6.35. The lowest BCUT2D eigenvalue weighted by Crippen LogP contribution is -2.30. The number of fused-ring (bicyclic) bond motifs is 1. The van der Waals surface area contributed by atoms with Crippen LogP contribution in [0.2, 0.25) is 0 Å². The van der Waals surface area contributed by atoms with Crippen molar-refractivity contribution in [3.8, 4) is 0 Å². The molecule has 6 nitrogen and oxygen atoms in total. The summed E-state index contributed by atoms with van der Waals surface area (Å²) < 4.78 is 13.2. The zero-order chi connectivity index (χ0) is 15.1. The number of hydrogen-bond acceptors (Lipinski definition) is 4. The van der Waals surface area contributed by atoms with Crippen LogP contribution in [0.4, 0.5) is 15.8 Å². The van der Waals surface area contributed by atoms with E-state index in [1.807, 2.05) is 0 Å². The van der Waals surface area contributed by atoms with Gasteiger partial charge in [0, 0.05) is 0 Å². The number of anilines is 1. The Morgan fingerprint density at radius 3 is 2.10 bits per heavy atom. The van der Waals surface area contributed by atoms with Crippen molar-refractivity contribution in [2.45, 2.75) is 0 Å². The number of imide groups is 1. The number of nitro groups is 1. The third-order valence-electron chi connectivity index (χ3n) is 3.17. The molecule has 0 unspecified atom stereocenters. The second-order valence-corrected chi connectivity index (χ2v) is 4.38. The van der Waals surface area contributed by atoms with Crippen molar-refractivity contribution in [1.29, 1.82) is 0 Å². The molecule has 2 amide bonds. The van der Waals surface area contributed by atoms with Crippen LogP contribution in [0.5, 0.6) is 0 Å². The molecule has 0 fully saturated rings. The summed E-state index contributed by atoms with van der Waals surface area (Å²) in [6.45, 7) is 0. The van der Waals surface area contributed by atoms with Crippen molar-refractivity contribution >= 4 is 23.2 Å². The highest BCUT2D eigenvalue weighted by atomic mass is 19.1. The average Bonchev–Trinajstić information content (AvgIpc) is 2.72. The van der Waals surface area contributed by atoms with Gasteiger partial charge in [-0.2, -0.15) is 0 Å². The molecule has 0 aromatic heterocycles. The van der Waals surface area contributed by atoms with Crippen LogP contribution in [-0.2, 0) is 0 Å². The fourth-order valence-corrected chi connectivity index (χ4v) is 2.24. The lowest BCUT2D eigenvalue weighted by atomic mass is 10.1. The molecule has 0 N–H and O–H groups in total. The normalized spacial score (nSPS) is 13.5. The van der Waals surface area contributed by atoms with E-state index >= 15 is 0 Å². The summed E-state index contributed by atoms with van der Waals surface area (Å²) >= 11 is 0. The molecule has 104 valence electrons. The number of benzene rings is 2. The second-order valence-electron chi connectivity index (χ2n) is 4.38. The maximum Gasteiger partial charge on any atom is 0.296 e. The minimum absolute atomic E-state index is 0.168. The van der Waals surface area contributed by atoms with Crippen molar-refractivity contribution in [3.63, 3.8) is 0 Å². The summed E-state index contributed by atoms with van der Waals surface area (Å²) in [6, 6.07) is 8.80. The number of hydrogen-bond donors (Lipinski definition) is 0. The van der Waals surface area contributed by atoms with Gasteiger partial charge in [0.1, 0.15) is 11.5 Å². The van der Waals surface area contributed by atoms with Crippen LogP contribution in [0.25, 0.3) is 0 Å². The molecule has 21 heavy (non-hydrogen) atoms. The van der Waals surface area contributed by atoms with Crippen LogP contribution >= 0.6 is 0 Å². The highest BCUT2D eigenvalue weighted by Gasteiger charge is 2.39. The minimum Gasteiger partial charge on any atom is -0.268 e. The van der Waals surface area contributed by atoms with E-state index in [0.29, 0.717) is 11.0 Å². The van der Waals surface area contributed by atoms with Crippen molar-refractivity contribution in [3.05, 3.63) is 69.5 Å². The van der Waals surface area contributed by atoms with Crippen LogP contribution < -0.4 is 4.90 Å². The standard InChI is InChI=1S/C14H7FN2O4/c15-8-5-6-11(12(7-8)17(20)21)16-13(18)9-3-1-2-4-10(9)14(16)19/h1-7H. The Labute approximate surface area is 117 Å². The van der Waals surface area contributed by atoms with E-state index < -0.39 is 28.2 Å². The number of carbonyl (C=O) groups excluding carboxylic acids is 2. The van der Waals surface area contributed by atoms with E-state index in [9.17, 15) is 24.1 Å². The first-order valence-corrected chi connectivity index (χ1v) is 5.92. The summed E-state index contributed by atoms with van der Waals surface area (Å²) in [5.74, 6) is -2.14. The smallest absolute Gasteiger partial charge is 0.268 e. The van der Waals surface area contributed by atoms with Gasteiger partial charge in [0.25, 0.3) is 17.5 Å². The summed E-state index contributed by atoms with van der Waals surface area (Å²) in [7, 11) is 0. The molecule has 0 bridgehead atoms. The second kappa shape index (κ2) is 4.48. The van der Waals surface area contributed by atoms with Crippen molar-refractivity contribution in [2.75, 3.05) is 4.90 Å². The van der Waals surface area contributed by atoms with Crippen LogP contribution in [0, 0.1) is 15.9 Å². The Kier molecular flexibility index (Phi) is 2.76. The topological polar surface area (TPSA) is 80.5 Å². The highest BCUT2D eigenvalue weighted by Crippen LogP contribution is 2.34. The third kappa shape index (κ3) is 1.86. The zero-order valence-corrected chi connectivity index (χ0v) is 10.4. The molecule has 1 heterocycles. The number of nitrogens with zero attached hydrogens (tertiary/aromatic N) is 2. The quantitative estimate of drug-likeness (QED) is 0.482. The largest absolute Gasteiger partial charge is 0.296 e. The molecule has 0 radical (unpaired) electrons. The number of rotatable bonds is 2. The number of nitro benzene ring substituents is 1. The van der Waals surface area contributed by atoms with Crippen molar-refractivity contribution < 1.29 is 18.9 Å². The summed E-state index contributed by atoms with van der Waals surface area (Å²) in [6.07, 6.45) is 0. The predicted molar refractivity (Wildman–Crippen MR) is 70.6 cm³/mol. The fraction of sp³-hybridized carbons (Fsp3) is 0. The lowest BCUT2D eigenvalue weighted by Gasteiger charge is -2.13. The Balaban J connectivity index is 2.18. The van der Waals surface area contributed by atoms with Gasteiger partial charge in [0.2, 0.25) is 0 Å². The predicted octanol–water partition coefficient (Wildman–Crippen LogP) is 2.53. The summed E-state index contributed by atoms with van der Waals surface area (Å²) in [5.41, 5.74) is -0.542. The molecular weight excluding hydrogens is 279 g/mol. The lowest BCUT2D eigenvalue weighted by molar-refractivity contribution is -0.384. The van der Waals surface area contributed by atoms with Crippen LogP contribution in [0.3, 0.4) is 0 Å². The maximum absolute atomic E-state index is 13.2. The van der Waals surface area contributed by atoms with Crippen LogP contribution in [-0.4, -0.2) is 16.7 Å². The molecular formula is C14H7FN2O4. The van der Waals surface area contributed by atoms with Crippen LogP contribution in [0.15, 0.2) is 42.5 Å². The maximum atomic E-state index is 13.2. The summed E-state index contributed by atoms with van der Waals surface area (Å²) in [4.78, 5) is 35.4. The average molecular weight is 286 g/mol. The van der Waals surface area contributed by atoms with Gasteiger partial charge in [0.15, 0.2) is 0 Å². The molecule has 2 aromatic rings. The van der Waals surface area contributed by atoms with Gasteiger partial charge in [-0.05, 0) is 24.3 Å². The Bertz CT molecular complexity index is 768. The van der Waals surface area contributed by atoms with E-state index in [1.54, 1.807) is 12.1 Å². The van der Waals surface area contributed by atoms with Crippen molar-refractivity contribution in [2.24, 2.45) is 0 Å². The molecule has 1 aliphatic rings. The monoisotopic (exact) mass is 286 g/mol. The van der Waals surface area contributed by atoms with E-state index in [0.717, 1.165) is 12.1 Å². The first-order valence-electron chi connectivity index (χ1n) is 5.92. The van der Waals surface area contributed by atoms with E-state index in [-0.39, 0.29) is 16.8 Å². The first kappa shape index (κ1) is 12.9. The summed E-state index contributed by atoms with van der Waals surface area (Å²) in [5, 5.41) is 11.0. The molecule has 7 heteroatoms. The third-order valence-corrected chi connectivity index (χ3v) is 3.17. The number of amides is 2. The molecule has 0 saturated carbocycles. The Morgan fingerprint density at radius 2 is 1.57 bits per heavy atom. The molecule has 0 atom stereocenters. The Hall–Kier alpha value is -3.09. The number of halogens is 1. The molecule has 1 aliphatic heterocycles. The van der Waals surface area contributed by atoms with Gasteiger partial charge in [-0.25, -0.2) is 9.29 Å². The van der Waals surface area contributed by atoms with Gasteiger partial charge < -0.3 is 0 Å². The number of carbonyl (C=O) groups is 2. The van der Waals surface area contributed by atoms with Gasteiger partial charge in [-0.3, -0.25) is 19.7 Å². The van der Waals surface area contributed by atoms with E-state index in [1.165, 1.54) is 12.1 Å². The fourth-order valence-electron chi connectivity index (χ4n) is 2.24. The minimum atomic E-state index is -0.831. The molecule has 0 spiro atoms. The first-order chi connectivity index (χ1) is 10.0. The molecule has 2 aromatic carbocycles. The molecule has 3 rings (SSSR count). The van der Waals surface area contributed by atoms with Crippen molar-refractivity contribution in [1.82, 2.24) is 0 Å². The zero-order valence-electron chi connectivity index (χ0n) is 10.4. The van der Waals surface area contributed by atoms with E-state index in [4.69, 9.17) is 0 Å². The molecule has 0 saturated heterocycles. The Morgan fingerprint density at radius 1 is 1.00 bits per heavy atom. The molecule has 0 aliphatic carbocycles. The van der Waals surface area contributed by atoms with Gasteiger partial charge in [-0.15, -0.1) is 0 Å².